The lowest BCUT2D eigenvalue weighted by molar-refractivity contribution is 1.02. The Morgan fingerprint density at radius 1 is 0.950 bits per heavy atom. The number of benzene rings is 1. The van der Waals surface area contributed by atoms with Crippen molar-refractivity contribution in [3.8, 4) is 22.4 Å². The van der Waals surface area contributed by atoms with Crippen molar-refractivity contribution in [2.75, 3.05) is 0 Å². The highest BCUT2D eigenvalue weighted by atomic mass is 16.1. The van der Waals surface area contributed by atoms with Gasteiger partial charge in [0.05, 0.1) is 5.69 Å². The Kier molecular flexibility index (Phi) is 3.13. The predicted octanol–water partition coefficient (Wildman–Crippen LogP) is 2.81. The average molecular weight is 263 g/mol. The lowest BCUT2D eigenvalue weighted by atomic mass is 10.1. The maximum atomic E-state index is 11.5. The lowest BCUT2D eigenvalue weighted by Gasteiger charge is -2.05. The van der Waals surface area contributed by atoms with Crippen LogP contribution < -0.4 is 5.56 Å². The van der Waals surface area contributed by atoms with Crippen molar-refractivity contribution < 1.29 is 0 Å². The number of H-pyrrole nitrogens is 1. The second-order valence-corrected chi connectivity index (χ2v) is 4.54. The van der Waals surface area contributed by atoms with Gasteiger partial charge >= 0.3 is 0 Å². The summed E-state index contributed by atoms with van der Waals surface area (Å²) in [5, 5.41) is 0. The van der Waals surface area contributed by atoms with Crippen molar-refractivity contribution in [3.05, 3.63) is 71.0 Å². The number of rotatable bonds is 2. The van der Waals surface area contributed by atoms with Crippen LogP contribution in [0.15, 0.2) is 59.7 Å². The molecule has 3 rings (SSSR count). The molecule has 0 spiro atoms. The van der Waals surface area contributed by atoms with Gasteiger partial charge in [-0.25, -0.2) is 4.98 Å². The molecule has 98 valence electrons. The van der Waals surface area contributed by atoms with Gasteiger partial charge in [0.2, 0.25) is 0 Å². The average Bonchev–Trinajstić information content (AvgIpc) is 2.47. The topological polar surface area (TPSA) is 58.6 Å². The van der Waals surface area contributed by atoms with Crippen LogP contribution in [0.25, 0.3) is 22.4 Å². The summed E-state index contributed by atoms with van der Waals surface area (Å²) in [6.07, 6.45) is 3.52. The highest BCUT2D eigenvalue weighted by molar-refractivity contribution is 5.69. The largest absolute Gasteiger partial charge is 0.311 e. The second-order valence-electron chi connectivity index (χ2n) is 4.54. The molecule has 0 saturated heterocycles. The molecule has 0 saturated carbocycles. The number of hydrogen-bond acceptors (Lipinski definition) is 3. The standard InChI is InChI=1S/C16H13N3O/c1-11-18-15(8-16(20)19-11)14-7-13(9-17-10-14)12-5-3-2-4-6-12/h2-10H,1H3,(H,18,19,20). The summed E-state index contributed by atoms with van der Waals surface area (Å²) >= 11 is 0. The van der Waals surface area contributed by atoms with Crippen LogP contribution in [0.3, 0.4) is 0 Å². The van der Waals surface area contributed by atoms with E-state index in [-0.39, 0.29) is 5.56 Å². The molecule has 0 aliphatic heterocycles. The highest BCUT2D eigenvalue weighted by Gasteiger charge is 2.05. The first-order chi connectivity index (χ1) is 9.72. The van der Waals surface area contributed by atoms with Gasteiger partial charge in [-0.2, -0.15) is 0 Å². The van der Waals surface area contributed by atoms with Crippen LogP contribution in [0.2, 0.25) is 0 Å². The Balaban J connectivity index is 2.10. The van der Waals surface area contributed by atoms with E-state index in [0.717, 1.165) is 16.7 Å². The fourth-order valence-corrected chi connectivity index (χ4v) is 2.10. The first-order valence-electron chi connectivity index (χ1n) is 6.31. The Bertz CT molecular complexity index is 794. The molecular weight excluding hydrogens is 250 g/mol. The van der Waals surface area contributed by atoms with Crippen molar-refractivity contribution in [2.45, 2.75) is 6.92 Å². The third-order valence-electron chi connectivity index (χ3n) is 3.00. The van der Waals surface area contributed by atoms with E-state index in [1.807, 2.05) is 36.4 Å². The summed E-state index contributed by atoms with van der Waals surface area (Å²) in [6.45, 7) is 1.76. The molecule has 2 aromatic heterocycles. The Morgan fingerprint density at radius 2 is 1.70 bits per heavy atom. The molecule has 0 aliphatic rings. The minimum atomic E-state index is -0.155. The zero-order chi connectivity index (χ0) is 13.9. The molecule has 4 nitrogen and oxygen atoms in total. The van der Waals surface area contributed by atoms with Crippen molar-refractivity contribution in [1.82, 2.24) is 15.0 Å². The van der Waals surface area contributed by atoms with E-state index >= 15 is 0 Å². The molecule has 1 N–H and O–H groups in total. The van der Waals surface area contributed by atoms with E-state index in [4.69, 9.17) is 0 Å². The van der Waals surface area contributed by atoms with Crippen molar-refractivity contribution >= 4 is 0 Å². The molecule has 0 atom stereocenters. The van der Waals surface area contributed by atoms with Gasteiger partial charge in [0.25, 0.3) is 5.56 Å². The first kappa shape index (κ1) is 12.3. The van der Waals surface area contributed by atoms with Crippen LogP contribution in [0, 0.1) is 6.92 Å². The molecule has 0 amide bonds. The van der Waals surface area contributed by atoms with Crippen molar-refractivity contribution in [1.29, 1.82) is 0 Å². The second kappa shape index (κ2) is 5.09. The van der Waals surface area contributed by atoms with E-state index in [9.17, 15) is 4.79 Å². The summed E-state index contributed by atoms with van der Waals surface area (Å²) in [7, 11) is 0. The Morgan fingerprint density at radius 3 is 2.45 bits per heavy atom. The van der Waals surface area contributed by atoms with Gasteiger partial charge in [-0.1, -0.05) is 30.3 Å². The van der Waals surface area contributed by atoms with E-state index in [2.05, 4.69) is 15.0 Å². The van der Waals surface area contributed by atoms with Crippen LogP contribution in [0.4, 0.5) is 0 Å². The number of aromatic nitrogens is 3. The molecule has 2 heterocycles. The number of hydrogen-bond donors (Lipinski definition) is 1. The lowest BCUT2D eigenvalue weighted by Crippen LogP contribution is -2.08. The van der Waals surface area contributed by atoms with Crippen LogP contribution in [-0.2, 0) is 0 Å². The fraction of sp³-hybridized carbons (Fsp3) is 0.0625. The molecular formula is C16H13N3O. The zero-order valence-electron chi connectivity index (χ0n) is 11.0. The molecule has 0 unspecified atom stereocenters. The van der Waals surface area contributed by atoms with E-state index in [1.54, 1.807) is 19.3 Å². The van der Waals surface area contributed by atoms with Crippen molar-refractivity contribution in [2.24, 2.45) is 0 Å². The number of aryl methyl sites for hydroxylation is 1. The van der Waals surface area contributed by atoms with Gasteiger partial charge in [0.15, 0.2) is 0 Å². The molecule has 4 heteroatoms. The predicted molar refractivity (Wildman–Crippen MR) is 78.3 cm³/mol. The Labute approximate surface area is 116 Å². The summed E-state index contributed by atoms with van der Waals surface area (Å²) < 4.78 is 0. The molecule has 20 heavy (non-hydrogen) atoms. The smallest absolute Gasteiger partial charge is 0.251 e. The third-order valence-corrected chi connectivity index (χ3v) is 3.00. The maximum Gasteiger partial charge on any atom is 0.251 e. The molecule has 0 fully saturated rings. The minimum absolute atomic E-state index is 0.155. The van der Waals surface area contributed by atoms with Gasteiger partial charge in [-0.3, -0.25) is 9.78 Å². The summed E-state index contributed by atoms with van der Waals surface area (Å²) in [6, 6.07) is 13.5. The van der Waals surface area contributed by atoms with Gasteiger partial charge in [0.1, 0.15) is 5.82 Å². The van der Waals surface area contributed by atoms with Crippen LogP contribution in [-0.4, -0.2) is 15.0 Å². The van der Waals surface area contributed by atoms with E-state index in [1.165, 1.54) is 6.07 Å². The number of pyridine rings is 1. The number of aromatic amines is 1. The summed E-state index contributed by atoms with van der Waals surface area (Å²) in [5.74, 6) is 0.595. The molecule has 1 aromatic carbocycles. The highest BCUT2D eigenvalue weighted by Crippen LogP contribution is 2.23. The molecule has 0 aliphatic carbocycles. The Hall–Kier alpha value is -2.75. The molecule has 0 radical (unpaired) electrons. The maximum absolute atomic E-state index is 11.5. The van der Waals surface area contributed by atoms with E-state index in [0.29, 0.717) is 11.5 Å². The third kappa shape index (κ3) is 2.49. The summed E-state index contributed by atoms with van der Waals surface area (Å²) in [4.78, 5) is 22.8. The SMILES string of the molecule is Cc1nc(-c2cncc(-c3ccccc3)c2)cc(=O)[nH]1. The van der Waals surface area contributed by atoms with Gasteiger partial charge in [-0.05, 0) is 18.6 Å². The molecule has 0 bridgehead atoms. The van der Waals surface area contributed by atoms with Crippen LogP contribution in [0.5, 0.6) is 0 Å². The summed E-state index contributed by atoms with van der Waals surface area (Å²) in [5.41, 5.74) is 3.40. The van der Waals surface area contributed by atoms with Crippen LogP contribution >= 0.6 is 0 Å². The fourth-order valence-electron chi connectivity index (χ4n) is 2.10. The van der Waals surface area contributed by atoms with Crippen molar-refractivity contribution in [3.63, 3.8) is 0 Å². The van der Waals surface area contributed by atoms with Gasteiger partial charge < -0.3 is 4.98 Å². The quantitative estimate of drug-likeness (QED) is 0.773. The van der Waals surface area contributed by atoms with E-state index < -0.39 is 0 Å². The number of nitrogens with zero attached hydrogens (tertiary/aromatic N) is 2. The van der Waals surface area contributed by atoms with Gasteiger partial charge in [0, 0.05) is 29.6 Å². The first-order valence-corrected chi connectivity index (χ1v) is 6.31. The number of nitrogens with one attached hydrogen (secondary N) is 1. The zero-order valence-corrected chi connectivity index (χ0v) is 11.0. The van der Waals surface area contributed by atoms with Crippen LogP contribution in [0.1, 0.15) is 5.82 Å². The normalized spacial score (nSPS) is 10.4. The monoisotopic (exact) mass is 263 g/mol. The minimum Gasteiger partial charge on any atom is -0.311 e. The van der Waals surface area contributed by atoms with Gasteiger partial charge in [-0.15, -0.1) is 0 Å². The molecule has 3 aromatic rings.